The molecule has 2 aliphatic rings. The van der Waals surface area contributed by atoms with E-state index in [1.54, 1.807) is 0 Å². The number of carboxylic acid groups (broad SMARTS) is 2. The number of ether oxygens (including phenoxy) is 1. The van der Waals surface area contributed by atoms with E-state index in [1.807, 2.05) is 0 Å². The molecule has 0 aromatic heterocycles. The summed E-state index contributed by atoms with van der Waals surface area (Å²) in [6.45, 7) is 0.514. The van der Waals surface area contributed by atoms with Crippen molar-refractivity contribution in [1.82, 2.24) is 0 Å². The number of aliphatic carboxylic acids is 2. The Morgan fingerprint density at radius 1 is 1.15 bits per heavy atom. The molecule has 5 heteroatoms. The highest BCUT2D eigenvalue weighted by Gasteiger charge is 2.58. The van der Waals surface area contributed by atoms with Crippen LogP contribution in [0.4, 0.5) is 0 Å². The summed E-state index contributed by atoms with van der Waals surface area (Å²) in [7, 11) is 0. The van der Waals surface area contributed by atoms with Crippen LogP contribution >= 0.6 is 0 Å². The summed E-state index contributed by atoms with van der Waals surface area (Å²) in [5.74, 6) is -3.61. The number of hydrogen-bond donors (Lipinski definition) is 2. The number of rotatable bonds is 2. The van der Waals surface area contributed by atoms with Crippen molar-refractivity contribution in [2.24, 2.45) is 11.8 Å². The van der Waals surface area contributed by atoms with Crippen molar-refractivity contribution in [2.45, 2.75) is 18.4 Å². The minimum Gasteiger partial charge on any atom is -0.481 e. The molecule has 1 spiro atoms. The second-order valence-electron chi connectivity index (χ2n) is 3.77. The van der Waals surface area contributed by atoms with Gasteiger partial charge >= 0.3 is 11.9 Å². The summed E-state index contributed by atoms with van der Waals surface area (Å²) in [6, 6.07) is 0. The van der Waals surface area contributed by atoms with E-state index in [-0.39, 0.29) is 0 Å². The first-order chi connectivity index (χ1) is 6.04. The summed E-state index contributed by atoms with van der Waals surface area (Å²) in [5.41, 5.74) is -0.411. The average molecular weight is 186 g/mol. The molecule has 0 radical (unpaired) electrons. The molecule has 1 saturated heterocycles. The number of hydrogen-bond acceptors (Lipinski definition) is 3. The van der Waals surface area contributed by atoms with Gasteiger partial charge in [-0.1, -0.05) is 0 Å². The fourth-order valence-electron chi connectivity index (χ4n) is 2.03. The normalized spacial score (nSPS) is 42.2. The van der Waals surface area contributed by atoms with Crippen molar-refractivity contribution in [3.63, 3.8) is 0 Å². The second-order valence-corrected chi connectivity index (χ2v) is 3.77. The van der Waals surface area contributed by atoms with Crippen LogP contribution in [0.25, 0.3) is 0 Å². The second kappa shape index (κ2) is 2.45. The molecular formula is C8H10O5. The fourth-order valence-corrected chi connectivity index (χ4v) is 2.03. The van der Waals surface area contributed by atoms with Gasteiger partial charge in [0, 0.05) is 0 Å². The first-order valence-corrected chi connectivity index (χ1v) is 4.14. The highest BCUT2D eigenvalue weighted by molar-refractivity contribution is 5.81. The van der Waals surface area contributed by atoms with Crippen molar-refractivity contribution in [2.75, 3.05) is 6.61 Å². The quantitative estimate of drug-likeness (QED) is 0.590. The van der Waals surface area contributed by atoms with Gasteiger partial charge in [-0.3, -0.25) is 9.59 Å². The zero-order valence-electron chi connectivity index (χ0n) is 6.90. The maximum Gasteiger partial charge on any atom is 0.307 e. The maximum atomic E-state index is 10.7. The van der Waals surface area contributed by atoms with Gasteiger partial charge < -0.3 is 14.9 Å². The van der Waals surface area contributed by atoms with Crippen molar-refractivity contribution in [1.29, 1.82) is 0 Å². The molecule has 72 valence electrons. The lowest BCUT2D eigenvalue weighted by atomic mass is 9.97. The summed E-state index contributed by atoms with van der Waals surface area (Å²) >= 11 is 0. The third-order valence-corrected chi connectivity index (χ3v) is 2.86. The van der Waals surface area contributed by atoms with Crippen LogP contribution in [0, 0.1) is 11.8 Å². The SMILES string of the molecule is O=C(O)C1CC2(CO2)CC1C(=O)O. The summed E-state index contributed by atoms with van der Waals surface area (Å²) < 4.78 is 5.09. The highest BCUT2D eigenvalue weighted by atomic mass is 16.6. The minimum absolute atomic E-state index is 0.347. The summed E-state index contributed by atoms with van der Waals surface area (Å²) in [6.07, 6.45) is 0.693. The molecule has 2 fully saturated rings. The van der Waals surface area contributed by atoms with Gasteiger partial charge in [-0.15, -0.1) is 0 Å². The molecule has 13 heavy (non-hydrogen) atoms. The molecule has 2 N–H and O–H groups in total. The first kappa shape index (κ1) is 8.50. The van der Waals surface area contributed by atoms with E-state index in [1.165, 1.54) is 0 Å². The Hall–Kier alpha value is -1.10. The van der Waals surface area contributed by atoms with Gasteiger partial charge in [0.1, 0.15) is 0 Å². The number of epoxide rings is 1. The van der Waals surface area contributed by atoms with E-state index in [2.05, 4.69) is 0 Å². The molecule has 1 saturated carbocycles. The molecule has 0 bridgehead atoms. The standard InChI is InChI=1S/C8H10O5/c9-6(10)4-1-8(3-13-8)2-5(4)7(11)12/h4-5H,1-3H2,(H,9,10)(H,11,12). The Labute approximate surface area is 74.3 Å². The van der Waals surface area contributed by atoms with Crippen LogP contribution in [0.15, 0.2) is 0 Å². The van der Waals surface area contributed by atoms with E-state index in [0.717, 1.165) is 0 Å². The molecule has 2 unspecified atom stereocenters. The number of carboxylic acids is 2. The Morgan fingerprint density at radius 3 is 1.77 bits per heavy atom. The molecule has 1 aliphatic carbocycles. The number of carbonyl (C=O) groups is 2. The average Bonchev–Trinajstić information content (AvgIpc) is 2.60. The molecule has 5 nitrogen and oxygen atoms in total. The van der Waals surface area contributed by atoms with Crippen LogP contribution in [0.1, 0.15) is 12.8 Å². The first-order valence-electron chi connectivity index (χ1n) is 4.14. The van der Waals surface area contributed by atoms with Gasteiger partial charge in [-0.2, -0.15) is 0 Å². The van der Waals surface area contributed by atoms with E-state index >= 15 is 0 Å². The maximum absolute atomic E-state index is 10.7. The molecular weight excluding hydrogens is 176 g/mol. The Kier molecular flexibility index (Phi) is 1.60. The Balaban J connectivity index is 2.16. The zero-order chi connectivity index (χ0) is 9.64. The Bertz CT molecular complexity index is 244. The monoisotopic (exact) mass is 186 g/mol. The molecule has 0 amide bonds. The van der Waals surface area contributed by atoms with Crippen LogP contribution in [-0.4, -0.2) is 34.4 Å². The van der Waals surface area contributed by atoms with Crippen LogP contribution in [0.3, 0.4) is 0 Å². The van der Waals surface area contributed by atoms with Gasteiger partial charge in [0.05, 0.1) is 24.0 Å². The van der Waals surface area contributed by atoms with Gasteiger partial charge in [0.15, 0.2) is 0 Å². The molecule has 2 rings (SSSR count). The van der Waals surface area contributed by atoms with Crippen LogP contribution in [-0.2, 0) is 14.3 Å². The van der Waals surface area contributed by atoms with Crippen molar-refractivity contribution in [3.05, 3.63) is 0 Å². The van der Waals surface area contributed by atoms with E-state index in [0.29, 0.717) is 19.4 Å². The lowest BCUT2D eigenvalue weighted by Gasteiger charge is -2.08. The third-order valence-electron chi connectivity index (χ3n) is 2.86. The van der Waals surface area contributed by atoms with E-state index in [9.17, 15) is 9.59 Å². The molecule has 0 aromatic carbocycles. The van der Waals surface area contributed by atoms with Crippen molar-refractivity contribution in [3.8, 4) is 0 Å². The predicted octanol–water partition coefficient (Wildman–Crippen LogP) is -0.0492. The Morgan fingerprint density at radius 2 is 1.54 bits per heavy atom. The van der Waals surface area contributed by atoms with Crippen molar-refractivity contribution >= 4 is 11.9 Å². The van der Waals surface area contributed by atoms with Gasteiger partial charge in [0.25, 0.3) is 0 Å². The molecule has 2 atom stereocenters. The van der Waals surface area contributed by atoms with Crippen LogP contribution < -0.4 is 0 Å². The van der Waals surface area contributed by atoms with Gasteiger partial charge in [0.2, 0.25) is 0 Å². The fraction of sp³-hybridized carbons (Fsp3) is 0.750. The third kappa shape index (κ3) is 1.29. The summed E-state index contributed by atoms with van der Waals surface area (Å²) in [5, 5.41) is 17.5. The lowest BCUT2D eigenvalue weighted by molar-refractivity contribution is -0.152. The topological polar surface area (TPSA) is 87.1 Å². The van der Waals surface area contributed by atoms with Gasteiger partial charge in [-0.25, -0.2) is 0 Å². The van der Waals surface area contributed by atoms with Crippen LogP contribution in [0.2, 0.25) is 0 Å². The lowest BCUT2D eigenvalue weighted by Crippen LogP contribution is -2.24. The van der Waals surface area contributed by atoms with Crippen molar-refractivity contribution < 1.29 is 24.5 Å². The molecule has 0 aromatic rings. The predicted molar refractivity (Wildman–Crippen MR) is 40.2 cm³/mol. The minimum atomic E-state index is -1.03. The molecule has 1 heterocycles. The highest BCUT2D eigenvalue weighted by Crippen LogP contribution is 2.49. The zero-order valence-corrected chi connectivity index (χ0v) is 6.90. The largest absolute Gasteiger partial charge is 0.481 e. The van der Waals surface area contributed by atoms with E-state index < -0.39 is 29.4 Å². The van der Waals surface area contributed by atoms with Crippen LogP contribution in [0.5, 0.6) is 0 Å². The molecule has 1 aliphatic heterocycles. The smallest absolute Gasteiger partial charge is 0.307 e. The van der Waals surface area contributed by atoms with Gasteiger partial charge in [-0.05, 0) is 12.8 Å². The van der Waals surface area contributed by atoms with E-state index in [4.69, 9.17) is 14.9 Å². The summed E-state index contributed by atoms with van der Waals surface area (Å²) in [4.78, 5) is 21.4.